The van der Waals surface area contributed by atoms with Gasteiger partial charge in [-0.3, -0.25) is 9.59 Å². The fourth-order valence-corrected chi connectivity index (χ4v) is 5.46. The van der Waals surface area contributed by atoms with Crippen molar-refractivity contribution in [3.8, 4) is 11.4 Å². The number of hydrogen-bond acceptors (Lipinski definition) is 6. The topological polar surface area (TPSA) is 111 Å². The number of aromatic nitrogens is 2. The van der Waals surface area contributed by atoms with E-state index in [1.165, 1.54) is 10.9 Å². The molecule has 0 spiro atoms. The fourth-order valence-electron chi connectivity index (χ4n) is 5.28. The quantitative estimate of drug-likeness (QED) is 0.128. The van der Waals surface area contributed by atoms with E-state index in [0.29, 0.717) is 40.6 Å². The Labute approximate surface area is 273 Å². The van der Waals surface area contributed by atoms with Crippen molar-refractivity contribution in [3.05, 3.63) is 141 Å². The van der Waals surface area contributed by atoms with Crippen LogP contribution in [0.25, 0.3) is 5.69 Å². The zero-order valence-corrected chi connectivity index (χ0v) is 26.6. The number of nitrogens with one attached hydrogen (secondary N) is 2. The van der Waals surface area contributed by atoms with Gasteiger partial charge < -0.3 is 21.1 Å². The molecule has 46 heavy (non-hydrogen) atoms. The van der Waals surface area contributed by atoms with Crippen LogP contribution in [0.5, 0.6) is 5.75 Å². The molecule has 1 aromatic heterocycles. The van der Waals surface area contributed by atoms with Crippen LogP contribution >= 0.6 is 11.6 Å². The second-order valence-electron chi connectivity index (χ2n) is 11.7. The van der Waals surface area contributed by atoms with E-state index in [1.807, 2.05) is 79.7 Å². The zero-order chi connectivity index (χ0) is 32.2. The molecule has 1 aliphatic rings. The lowest BCUT2D eigenvalue weighted by molar-refractivity contribution is 0.0950. The summed E-state index contributed by atoms with van der Waals surface area (Å²) in [4.78, 5) is 26.3. The van der Waals surface area contributed by atoms with E-state index in [-0.39, 0.29) is 29.6 Å². The van der Waals surface area contributed by atoms with Gasteiger partial charge in [0.1, 0.15) is 18.2 Å². The van der Waals surface area contributed by atoms with E-state index in [2.05, 4.69) is 22.7 Å². The third-order valence-electron chi connectivity index (χ3n) is 8.14. The lowest BCUT2D eigenvalue weighted by Crippen LogP contribution is -2.25. The molecule has 1 aliphatic carbocycles. The zero-order valence-electron chi connectivity index (χ0n) is 25.8. The monoisotopic (exact) mass is 633 g/mol. The SMILES string of the molecule is Cc1ccc(C(=O)NC2CC2)cc1-n1ncc(C(=O)c2cccc(CNC(C)c3cc(Cl)ccc3OCc3ccccc3)c2)c1N. The molecule has 1 atom stereocenters. The largest absolute Gasteiger partial charge is 0.489 e. The normalized spacial score (nSPS) is 13.3. The number of benzene rings is 4. The average Bonchev–Trinajstić information content (AvgIpc) is 3.81. The Morgan fingerprint density at radius 2 is 1.76 bits per heavy atom. The molecule has 1 saturated carbocycles. The Morgan fingerprint density at radius 1 is 0.978 bits per heavy atom. The number of amides is 1. The molecule has 1 amide bonds. The molecule has 6 rings (SSSR count). The Morgan fingerprint density at radius 3 is 2.54 bits per heavy atom. The van der Waals surface area contributed by atoms with E-state index in [9.17, 15) is 9.59 Å². The summed E-state index contributed by atoms with van der Waals surface area (Å²) < 4.78 is 7.68. The molecule has 1 heterocycles. The summed E-state index contributed by atoms with van der Waals surface area (Å²) >= 11 is 6.36. The summed E-state index contributed by atoms with van der Waals surface area (Å²) in [7, 11) is 0. The van der Waals surface area contributed by atoms with Crippen LogP contribution in [-0.2, 0) is 13.2 Å². The molecule has 4 N–H and O–H groups in total. The maximum atomic E-state index is 13.6. The van der Waals surface area contributed by atoms with Crippen molar-refractivity contribution in [2.24, 2.45) is 0 Å². The number of ether oxygens (including phenoxy) is 1. The van der Waals surface area contributed by atoms with Gasteiger partial charge in [-0.05, 0) is 79.8 Å². The van der Waals surface area contributed by atoms with Crippen LogP contribution in [0.4, 0.5) is 5.82 Å². The number of ketones is 1. The van der Waals surface area contributed by atoms with Crippen molar-refractivity contribution in [1.29, 1.82) is 0 Å². The van der Waals surface area contributed by atoms with Crippen LogP contribution in [-0.4, -0.2) is 27.5 Å². The van der Waals surface area contributed by atoms with Crippen LogP contribution in [0.1, 0.15) is 74.3 Å². The highest BCUT2D eigenvalue weighted by atomic mass is 35.5. The molecule has 9 heteroatoms. The van der Waals surface area contributed by atoms with Gasteiger partial charge in [-0.15, -0.1) is 0 Å². The maximum absolute atomic E-state index is 13.6. The first kappa shape index (κ1) is 31.1. The Kier molecular flexibility index (Phi) is 9.19. The first-order valence-corrected chi connectivity index (χ1v) is 15.7. The molecule has 234 valence electrons. The third-order valence-corrected chi connectivity index (χ3v) is 8.38. The van der Waals surface area contributed by atoms with Gasteiger partial charge in [0.15, 0.2) is 5.78 Å². The number of anilines is 1. The van der Waals surface area contributed by atoms with Crippen LogP contribution < -0.4 is 21.1 Å². The summed E-state index contributed by atoms with van der Waals surface area (Å²) in [6.07, 6.45) is 3.49. The Bertz CT molecular complexity index is 1880. The lowest BCUT2D eigenvalue weighted by atomic mass is 10.0. The average molecular weight is 634 g/mol. The van der Waals surface area contributed by atoms with Gasteiger partial charge in [0, 0.05) is 40.3 Å². The molecule has 0 saturated heterocycles. The summed E-state index contributed by atoms with van der Waals surface area (Å²) in [6.45, 7) is 4.93. The molecule has 1 fully saturated rings. The smallest absolute Gasteiger partial charge is 0.251 e. The van der Waals surface area contributed by atoms with Gasteiger partial charge in [-0.25, -0.2) is 4.68 Å². The number of carbonyl (C=O) groups is 2. The van der Waals surface area contributed by atoms with Crippen molar-refractivity contribution < 1.29 is 14.3 Å². The Hall–Kier alpha value is -4.92. The van der Waals surface area contributed by atoms with Gasteiger partial charge in [0.05, 0.1) is 17.4 Å². The van der Waals surface area contributed by atoms with E-state index in [0.717, 1.165) is 40.8 Å². The molecule has 0 radical (unpaired) electrons. The van der Waals surface area contributed by atoms with E-state index < -0.39 is 0 Å². The summed E-state index contributed by atoms with van der Waals surface area (Å²) in [5.74, 6) is 0.616. The van der Waals surface area contributed by atoms with Crippen LogP contribution in [0.15, 0.2) is 97.2 Å². The summed E-state index contributed by atoms with van der Waals surface area (Å²) in [5.41, 5.74) is 12.3. The highest BCUT2D eigenvalue weighted by Gasteiger charge is 2.25. The minimum Gasteiger partial charge on any atom is -0.489 e. The molecular weight excluding hydrogens is 598 g/mol. The number of nitrogen functional groups attached to an aromatic ring is 1. The molecule has 1 unspecified atom stereocenters. The van der Waals surface area contributed by atoms with Crippen molar-refractivity contribution in [2.75, 3.05) is 5.73 Å². The summed E-state index contributed by atoms with van der Waals surface area (Å²) in [5, 5.41) is 11.6. The lowest BCUT2D eigenvalue weighted by Gasteiger charge is -2.19. The van der Waals surface area contributed by atoms with Gasteiger partial charge in [-0.1, -0.05) is 66.2 Å². The minimum atomic E-state index is -0.231. The van der Waals surface area contributed by atoms with Gasteiger partial charge in [0.25, 0.3) is 5.91 Å². The molecule has 4 aromatic carbocycles. The van der Waals surface area contributed by atoms with Crippen LogP contribution in [0.3, 0.4) is 0 Å². The van der Waals surface area contributed by atoms with E-state index in [4.69, 9.17) is 22.1 Å². The van der Waals surface area contributed by atoms with Gasteiger partial charge >= 0.3 is 0 Å². The number of carbonyl (C=O) groups excluding carboxylic acids is 2. The van der Waals surface area contributed by atoms with Crippen LogP contribution in [0.2, 0.25) is 5.02 Å². The first-order valence-electron chi connectivity index (χ1n) is 15.4. The third kappa shape index (κ3) is 7.14. The van der Waals surface area contributed by atoms with Gasteiger partial charge in [-0.2, -0.15) is 5.10 Å². The number of aryl methyl sites for hydroxylation is 1. The predicted molar refractivity (Wildman–Crippen MR) is 181 cm³/mol. The van der Waals surface area contributed by atoms with Crippen LogP contribution in [0, 0.1) is 6.92 Å². The molecule has 8 nitrogen and oxygen atoms in total. The van der Waals surface area contributed by atoms with E-state index >= 15 is 0 Å². The number of nitrogens with zero attached hydrogens (tertiary/aromatic N) is 2. The standard InChI is InChI=1S/C37H36ClN5O3/c1-23-11-12-28(37(45)42-30-14-15-30)18-33(23)43-36(39)32(21-41-43)35(44)27-10-6-9-26(17-27)20-40-24(2)31-19-29(38)13-16-34(31)46-22-25-7-4-3-5-8-25/h3-13,16-19,21,24,30,40H,14-15,20,22,39H2,1-2H3,(H,42,45). The molecule has 5 aromatic rings. The molecular formula is C37H36ClN5O3. The van der Waals surface area contributed by atoms with Crippen molar-refractivity contribution >= 4 is 29.1 Å². The minimum absolute atomic E-state index is 0.0805. The maximum Gasteiger partial charge on any atom is 0.251 e. The highest BCUT2D eigenvalue weighted by molar-refractivity contribution is 6.30. The molecule has 0 aliphatic heterocycles. The second-order valence-corrected chi connectivity index (χ2v) is 12.1. The first-order chi connectivity index (χ1) is 22.3. The van der Waals surface area contributed by atoms with E-state index in [1.54, 1.807) is 18.2 Å². The number of hydrogen-bond donors (Lipinski definition) is 3. The molecule has 0 bridgehead atoms. The fraction of sp³-hybridized carbons (Fsp3) is 0.216. The van der Waals surface area contributed by atoms with Crippen molar-refractivity contribution in [2.45, 2.75) is 51.9 Å². The van der Waals surface area contributed by atoms with Crippen molar-refractivity contribution in [3.63, 3.8) is 0 Å². The number of nitrogens with two attached hydrogens (primary N) is 1. The summed E-state index contributed by atoms with van der Waals surface area (Å²) in [6, 6.07) is 28.7. The van der Waals surface area contributed by atoms with Crippen molar-refractivity contribution in [1.82, 2.24) is 20.4 Å². The number of rotatable bonds is 12. The number of halogens is 1. The predicted octanol–water partition coefficient (Wildman–Crippen LogP) is 6.97. The van der Waals surface area contributed by atoms with Gasteiger partial charge in [0.2, 0.25) is 0 Å². The second kappa shape index (κ2) is 13.6. The highest BCUT2D eigenvalue weighted by Crippen LogP contribution is 2.30. The Balaban J connectivity index is 1.15.